The molecule has 0 N–H and O–H groups in total. The molecule has 0 aromatic heterocycles. The molecule has 0 bridgehead atoms. The zero-order chi connectivity index (χ0) is 11.6. The number of aldehydes is 1. The van der Waals surface area contributed by atoms with E-state index in [9.17, 15) is 4.79 Å². The third kappa shape index (κ3) is 3.35. The molecule has 0 saturated carbocycles. The molecule has 0 amide bonds. The molecule has 1 rings (SSSR count). The van der Waals surface area contributed by atoms with Gasteiger partial charge >= 0.3 is 0 Å². The van der Waals surface area contributed by atoms with E-state index in [0.29, 0.717) is 0 Å². The zero-order valence-electron chi connectivity index (χ0n) is 9.43. The van der Waals surface area contributed by atoms with Gasteiger partial charge in [0.1, 0.15) is 0 Å². The lowest BCUT2D eigenvalue weighted by Crippen LogP contribution is -2.08. The topological polar surface area (TPSA) is 17.1 Å². The first-order valence-corrected chi connectivity index (χ1v) is 6.39. The largest absolute Gasteiger partial charge is 0.298 e. The van der Waals surface area contributed by atoms with E-state index in [2.05, 4.69) is 36.7 Å². The lowest BCUT2D eigenvalue weighted by atomic mass is 10.1. The van der Waals surface area contributed by atoms with E-state index in [4.69, 9.17) is 0 Å². The Labute approximate surface area is 104 Å². The molecule has 1 nitrogen and oxygen atoms in total. The van der Waals surface area contributed by atoms with Crippen molar-refractivity contribution in [2.45, 2.75) is 37.3 Å². The summed E-state index contributed by atoms with van der Waals surface area (Å²) in [5.74, 6) is 0. The Balaban J connectivity index is 3.24. The standard InChI is InChI=1S/C12H15BrOS/c1-8-10(13)6-5-9(7-14)11(8)15-12(2,3)4/h5-7H,1-4H3. The van der Waals surface area contributed by atoms with Gasteiger partial charge in [0.15, 0.2) is 6.29 Å². The van der Waals surface area contributed by atoms with Crippen LogP contribution >= 0.6 is 27.7 Å². The fourth-order valence-electron chi connectivity index (χ4n) is 1.22. The monoisotopic (exact) mass is 286 g/mol. The van der Waals surface area contributed by atoms with Gasteiger partial charge in [-0.3, -0.25) is 4.79 Å². The first-order valence-electron chi connectivity index (χ1n) is 4.78. The third-order valence-electron chi connectivity index (χ3n) is 1.91. The molecule has 0 spiro atoms. The highest BCUT2D eigenvalue weighted by molar-refractivity contribution is 9.10. The van der Waals surface area contributed by atoms with Crippen LogP contribution in [0, 0.1) is 6.92 Å². The maximum atomic E-state index is 10.9. The van der Waals surface area contributed by atoms with E-state index in [1.54, 1.807) is 11.8 Å². The van der Waals surface area contributed by atoms with Crippen LogP contribution < -0.4 is 0 Å². The highest BCUT2D eigenvalue weighted by Crippen LogP contribution is 2.38. The maximum absolute atomic E-state index is 10.9. The summed E-state index contributed by atoms with van der Waals surface area (Å²) in [4.78, 5) is 12.0. The summed E-state index contributed by atoms with van der Waals surface area (Å²) in [5, 5.41) is 0. The molecule has 0 aliphatic rings. The van der Waals surface area contributed by atoms with Crippen molar-refractivity contribution in [2.24, 2.45) is 0 Å². The summed E-state index contributed by atoms with van der Waals surface area (Å²) in [7, 11) is 0. The number of thioether (sulfide) groups is 1. The normalized spacial score (nSPS) is 11.5. The first kappa shape index (κ1) is 12.8. The van der Waals surface area contributed by atoms with Crippen LogP contribution in [0.1, 0.15) is 36.7 Å². The van der Waals surface area contributed by atoms with Gasteiger partial charge in [-0.25, -0.2) is 0 Å². The van der Waals surface area contributed by atoms with Crippen molar-refractivity contribution in [3.8, 4) is 0 Å². The zero-order valence-corrected chi connectivity index (χ0v) is 11.8. The SMILES string of the molecule is Cc1c(Br)ccc(C=O)c1SC(C)(C)C. The van der Waals surface area contributed by atoms with Crippen LogP contribution in [0.25, 0.3) is 0 Å². The Kier molecular flexibility index (Phi) is 4.01. The van der Waals surface area contributed by atoms with E-state index in [1.807, 2.05) is 19.1 Å². The first-order chi connectivity index (χ1) is 6.85. The van der Waals surface area contributed by atoms with Crippen LogP contribution in [0.15, 0.2) is 21.5 Å². The predicted octanol–water partition coefficient (Wildman–Crippen LogP) is 4.46. The number of benzene rings is 1. The Morgan fingerprint density at radius 3 is 2.40 bits per heavy atom. The molecule has 82 valence electrons. The van der Waals surface area contributed by atoms with Crippen molar-refractivity contribution in [3.05, 3.63) is 27.7 Å². The van der Waals surface area contributed by atoms with E-state index in [0.717, 1.165) is 26.8 Å². The van der Waals surface area contributed by atoms with Gasteiger partial charge in [0, 0.05) is 19.7 Å². The van der Waals surface area contributed by atoms with Gasteiger partial charge in [-0.15, -0.1) is 11.8 Å². The second-order valence-corrected chi connectivity index (χ2v) is 7.11. The molecule has 0 atom stereocenters. The number of hydrogen-bond acceptors (Lipinski definition) is 2. The molecule has 0 fully saturated rings. The van der Waals surface area contributed by atoms with Crippen molar-refractivity contribution < 1.29 is 4.79 Å². The third-order valence-corrected chi connectivity index (χ3v) is 4.12. The smallest absolute Gasteiger partial charge is 0.151 e. The van der Waals surface area contributed by atoms with Gasteiger partial charge in [0.25, 0.3) is 0 Å². The van der Waals surface area contributed by atoms with Crippen LogP contribution in [0.2, 0.25) is 0 Å². The van der Waals surface area contributed by atoms with Gasteiger partial charge in [0.05, 0.1) is 0 Å². The van der Waals surface area contributed by atoms with Crippen molar-refractivity contribution in [3.63, 3.8) is 0 Å². The highest BCUT2D eigenvalue weighted by atomic mass is 79.9. The lowest BCUT2D eigenvalue weighted by molar-refractivity contribution is 0.112. The highest BCUT2D eigenvalue weighted by Gasteiger charge is 2.17. The Morgan fingerprint density at radius 1 is 1.33 bits per heavy atom. The minimum absolute atomic E-state index is 0.114. The fourth-order valence-corrected chi connectivity index (χ4v) is 2.79. The van der Waals surface area contributed by atoms with Crippen molar-refractivity contribution >= 4 is 34.0 Å². The molecule has 1 aromatic rings. The van der Waals surface area contributed by atoms with Gasteiger partial charge in [0.2, 0.25) is 0 Å². The van der Waals surface area contributed by atoms with Crippen LogP contribution in [0.5, 0.6) is 0 Å². The van der Waals surface area contributed by atoms with E-state index >= 15 is 0 Å². The maximum Gasteiger partial charge on any atom is 0.151 e. The molecule has 1 aromatic carbocycles. The van der Waals surface area contributed by atoms with Gasteiger partial charge in [-0.1, -0.05) is 36.7 Å². The molecule has 0 aliphatic carbocycles. The molecule has 0 saturated heterocycles. The minimum Gasteiger partial charge on any atom is -0.298 e. The minimum atomic E-state index is 0.114. The lowest BCUT2D eigenvalue weighted by Gasteiger charge is -2.20. The molecule has 15 heavy (non-hydrogen) atoms. The summed E-state index contributed by atoms with van der Waals surface area (Å²) in [5.41, 5.74) is 1.91. The Hall–Kier alpha value is -0.280. The van der Waals surface area contributed by atoms with E-state index in [-0.39, 0.29) is 4.75 Å². The summed E-state index contributed by atoms with van der Waals surface area (Å²) < 4.78 is 1.17. The number of carbonyl (C=O) groups is 1. The molecular formula is C12H15BrOS. The summed E-state index contributed by atoms with van der Waals surface area (Å²) in [6, 6.07) is 3.78. The Morgan fingerprint density at radius 2 is 1.93 bits per heavy atom. The number of rotatable bonds is 2. The fraction of sp³-hybridized carbons (Fsp3) is 0.417. The van der Waals surface area contributed by atoms with E-state index in [1.165, 1.54) is 0 Å². The summed E-state index contributed by atoms with van der Waals surface area (Å²) in [6.07, 6.45) is 0.924. The van der Waals surface area contributed by atoms with Crippen molar-refractivity contribution in [1.82, 2.24) is 0 Å². The predicted molar refractivity (Wildman–Crippen MR) is 69.9 cm³/mol. The van der Waals surface area contributed by atoms with Gasteiger partial charge < -0.3 is 0 Å². The van der Waals surface area contributed by atoms with E-state index < -0.39 is 0 Å². The summed E-state index contributed by atoms with van der Waals surface area (Å²) >= 11 is 5.22. The van der Waals surface area contributed by atoms with Crippen LogP contribution in [0.3, 0.4) is 0 Å². The molecule has 0 heterocycles. The van der Waals surface area contributed by atoms with Crippen molar-refractivity contribution in [2.75, 3.05) is 0 Å². The van der Waals surface area contributed by atoms with Gasteiger partial charge in [-0.05, 0) is 24.6 Å². The van der Waals surface area contributed by atoms with Gasteiger partial charge in [-0.2, -0.15) is 0 Å². The summed E-state index contributed by atoms with van der Waals surface area (Å²) in [6.45, 7) is 8.47. The molecule has 0 aliphatic heterocycles. The molecule has 3 heteroatoms. The molecular weight excluding hydrogens is 272 g/mol. The number of hydrogen-bond donors (Lipinski definition) is 0. The second-order valence-electron chi connectivity index (χ2n) is 4.42. The number of halogens is 1. The van der Waals surface area contributed by atoms with Crippen LogP contribution in [-0.4, -0.2) is 11.0 Å². The quantitative estimate of drug-likeness (QED) is 0.590. The second kappa shape index (κ2) is 4.71. The molecule has 0 unspecified atom stereocenters. The molecule has 0 radical (unpaired) electrons. The average Bonchev–Trinajstić information content (AvgIpc) is 2.11. The average molecular weight is 287 g/mol. The van der Waals surface area contributed by atoms with Crippen LogP contribution in [0.4, 0.5) is 0 Å². The number of carbonyl (C=O) groups excluding carboxylic acids is 1. The Bertz CT molecular complexity index is 380. The van der Waals surface area contributed by atoms with Crippen molar-refractivity contribution in [1.29, 1.82) is 0 Å². The van der Waals surface area contributed by atoms with Crippen LogP contribution in [-0.2, 0) is 0 Å².